The Morgan fingerprint density at radius 3 is 2.20 bits per heavy atom. The van der Waals surface area contributed by atoms with E-state index in [9.17, 15) is 9.00 Å². The molecule has 0 fully saturated rings. The maximum atomic E-state index is 13.8. The number of allylic oxidation sites excluding steroid dienone is 2. The van der Waals surface area contributed by atoms with E-state index in [4.69, 9.17) is 0 Å². The van der Waals surface area contributed by atoms with Gasteiger partial charge in [0.05, 0.1) is 10.6 Å². The molecule has 1 aromatic carbocycles. The van der Waals surface area contributed by atoms with E-state index in [2.05, 4.69) is 38.0 Å². The number of Topliss-reactive ketones (excluding diaryl/α,β-unsaturated/α-hetero) is 1. The number of benzene rings is 1. The van der Waals surface area contributed by atoms with Gasteiger partial charge >= 0.3 is 0 Å². The normalized spacial score (nSPS) is 13.4. The molecule has 4 nitrogen and oxygen atoms in total. The topological polar surface area (TPSA) is 52.0 Å². The van der Waals surface area contributed by atoms with Crippen molar-refractivity contribution in [3.63, 3.8) is 0 Å². The molecule has 2 rings (SSSR count). The van der Waals surface area contributed by atoms with Gasteiger partial charge in [0.2, 0.25) is 0 Å². The number of carbonyl (C=O) groups excluding carboxylic acids is 1. The van der Waals surface area contributed by atoms with E-state index in [0.717, 1.165) is 19.3 Å². The van der Waals surface area contributed by atoms with Gasteiger partial charge in [0.25, 0.3) is 0 Å². The fourth-order valence-electron chi connectivity index (χ4n) is 3.45. The largest absolute Gasteiger partial charge is 0.293 e. The molecule has 0 N–H and O–H groups in total. The zero-order valence-electron chi connectivity index (χ0n) is 19.4. The third-order valence-electron chi connectivity index (χ3n) is 4.98. The molecular formula is C25H36N2O2S. The molecule has 164 valence electrons. The molecule has 0 radical (unpaired) electrons. The molecule has 0 atom stereocenters. The summed E-state index contributed by atoms with van der Waals surface area (Å²) in [5.41, 5.74) is 1.07. The Kier molecular flexibility index (Phi) is 7.51. The second kappa shape index (κ2) is 9.34. The lowest BCUT2D eigenvalue weighted by Crippen LogP contribution is -2.37. The predicted molar refractivity (Wildman–Crippen MR) is 129 cm³/mol. The molecular weight excluding hydrogens is 392 g/mol. The van der Waals surface area contributed by atoms with Crippen molar-refractivity contribution in [3.05, 3.63) is 60.4 Å². The average Bonchev–Trinajstić information content (AvgIpc) is 3.14. The monoisotopic (exact) mass is 428 g/mol. The van der Waals surface area contributed by atoms with E-state index >= 15 is 0 Å². The van der Waals surface area contributed by atoms with Crippen LogP contribution in [0.1, 0.15) is 53.0 Å². The third-order valence-corrected chi connectivity index (χ3v) is 6.35. The van der Waals surface area contributed by atoms with Crippen LogP contribution >= 0.6 is 0 Å². The maximum absolute atomic E-state index is 13.8. The van der Waals surface area contributed by atoms with Crippen molar-refractivity contribution in [1.29, 1.82) is 0 Å². The van der Waals surface area contributed by atoms with Gasteiger partial charge in [0.1, 0.15) is 0 Å². The molecule has 2 aromatic rings. The molecule has 0 amide bonds. The van der Waals surface area contributed by atoms with Crippen LogP contribution in [0.3, 0.4) is 0 Å². The van der Waals surface area contributed by atoms with Crippen molar-refractivity contribution < 1.29 is 9.00 Å². The fourth-order valence-corrected chi connectivity index (χ4v) is 4.83. The second-order valence-electron chi connectivity index (χ2n) is 9.96. The van der Waals surface area contributed by atoms with Gasteiger partial charge in [-0.3, -0.25) is 9.00 Å². The first-order valence-corrected chi connectivity index (χ1v) is 12.8. The molecule has 0 aliphatic rings. The van der Waals surface area contributed by atoms with Crippen LogP contribution in [-0.2, 0) is 20.7 Å². The highest BCUT2D eigenvalue weighted by molar-refractivity contribution is 8.03. The molecule has 30 heavy (non-hydrogen) atoms. The first-order valence-electron chi connectivity index (χ1n) is 10.4. The van der Waals surface area contributed by atoms with Crippen LogP contribution in [-0.4, -0.2) is 37.1 Å². The maximum Gasteiger partial charge on any atom is 0.178 e. The van der Waals surface area contributed by atoms with Crippen molar-refractivity contribution in [2.24, 2.45) is 10.8 Å². The summed E-state index contributed by atoms with van der Waals surface area (Å²) < 4.78 is 15.0. The highest BCUT2D eigenvalue weighted by Gasteiger charge is 2.35. The molecule has 0 aliphatic carbocycles. The van der Waals surface area contributed by atoms with Crippen molar-refractivity contribution in [1.82, 2.24) is 9.78 Å². The van der Waals surface area contributed by atoms with Crippen molar-refractivity contribution >= 4 is 25.9 Å². The smallest absolute Gasteiger partial charge is 0.178 e. The van der Waals surface area contributed by atoms with Crippen molar-refractivity contribution in [2.45, 2.75) is 53.9 Å². The van der Waals surface area contributed by atoms with E-state index in [1.54, 1.807) is 29.6 Å². The number of carbonyl (C=O) groups is 1. The van der Waals surface area contributed by atoms with Gasteiger partial charge in [-0.2, -0.15) is 5.10 Å². The molecule has 0 spiro atoms. The minimum absolute atomic E-state index is 0.0587. The Hall–Kier alpha value is -2.14. The number of ketones is 1. The van der Waals surface area contributed by atoms with Gasteiger partial charge in [0, 0.05) is 30.3 Å². The Balaban J connectivity index is 2.39. The summed E-state index contributed by atoms with van der Waals surface area (Å²) in [5.74, 6) is -0.0587. The van der Waals surface area contributed by atoms with E-state index in [1.165, 1.54) is 5.56 Å². The van der Waals surface area contributed by atoms with Crippen molar-refractivity contribution in [3.8, 4) is 0 Å². The van der Waals surface area contributed by atoms with E-state index in [1.807, 2.05) is 44.2 Å². The summed E-state index contributed by atoms with van der Waals surface area (Å²) in [6, 6.07) is 12.1. The molecule has 0 saturated carbocycles. The minimum atomic E-state index is -2.53. The first-order chi connectivity index (χ1) is 13.8. The molecule has 0 unspecified atom stereocenters. The van der Waals surface area contributed by atoms with Gasteiger partial charge in [-0.1, -0.05) is 71.0 Å². The van der Waals surface area contributed by atoms with Crippen LogP contribution in [0.4, 0.5) is 0 Å². The molecule has 5 heteroatoms. The summed E-state index contributed by atoms with van der Waals surface area (Å²) in [6.45, 7) is 10.1. The quantitative estimate of drug-likeness (QED) is 0.434. The standard InChI is InChI=1S/C25H36N2O2S/c1-24(2,3)19-21(27-18-12-17-26-27)22(30(6,7)29)23(28)25(4,5)16-11-15-20-13-9-8-10-14-20/h8-10,12-14,17-19H,11,15-16H2,1-7H3/b21-19+. The highest BCUT2D eigenvalue weighted by Crippen LogP contribution is 2.30. The van der Waals surface area contributed by atoms with E-state index in [-0.39, 0.29) is 11.2 Å². The number of nitrogens with zero attached hydrogens (tertiary/aromatic N) is 2. The minimum Gasteiger partial charge on any atom is -0.293 e. The lowest BCUT2D eigenvalue weighted by Gasteiger charge is -2.27. The Morgan fingerprint density at radius 2 is 1.70 bits per heavy atom. The van der Waals surface area contributed by atoms with E-state index in [0.29, 0.717) is 10.6 Å². The van der Waals surface area contributed by atoms with Crippen LogP contribution in [0.2, 0.25) is 0 Å². The highest BCUT2D eigenvalue weighted by atomic mass is 32.2. The summed E-state index contributed by atoms with van der Waals surface area (Å²) in [6.07, 6.45) is 11.3. The van der Waals surface area contributed by atoms with Gasteiger partial charge in [-0.05, 0) is 45.8 Å². The lowest BCUT2D eigenvalue weighted by atomic mass is 9.80. The SMILES string of the molecule is CC(C)(C)/C=C(\C(C(=O)C(C)(C)CCCc1ccccc1)=S(C)(C)=O)n1cccn1. The van der Waals surface area contributed by atoms with E-state index < -0.39 is 14.9 Å². The Morgan fingerprint density at radius 1 is 1.07 bits per heavy atom. The number of hydrogen-bond acceptors (Lipinski definition) is 3. The summed E-state index contributed by atoms with van der Waals surface area (Å²) >= 11 is 0. The molecule has 0 aliphatic heterocycles. The number of rotatable bonds is 8. The number of aryl methyl sites for hydroxylation is 1. The van der Waals surface area contributed by atoms with Gasteiger partial charge < -0.3 is 0 Å². The zero-order chi connectivity index (χ0) is 22.6. The van der Waals surface area contributed by atoms with Crippen LogP contribution < -0.4 is 0 Å². The third kappa shape index (κ3) is 6.69. The van der Waals surface area contributed by atoms with Gasteiger partial charge in [-0.25, -0.2) is 4.68 Å². The first kappa shape index (κ1) is 24.1. The molecule has 1 aromatic heterocycles. The Labute approximate surface area is 182 Å². The second-order valence-corrected chi connectivity index (χ2v) is 12.8. The van der Waals surface area contributed by atoms with Crippen molar-refractivity contribution in [2.75, 3.05) is 12.5 Å². The molecule has 0 bridgehead atoms. The van der Waals surface area contributed by atoms with Crippen LogP contribution in [0.15, 0.2) is 54.9 Å². The Bertz CT molecular complexity index is 993. The van der Waals surface area contributed by atoms with Crippen LogP contribution in [0, 0.1) is 10.8 Å². The summed E-state index contributed by atoms with van der Waals surface area (Å²) in [5, 5.41) is 4.35. The average molecular weight is 429 g/mol. The van der Waals surface area contributed by atoms with Crippen LogP contribution in [0.5, 0.6) is 0 Å². The van der Waals surface area contributed by atoms with Gasteiger partial charge in [-0.15, -0.1) is 0 Å². The zero-order valence-corrected chi connectivity index (χ0v) is 20.3. The summed E-state index contributed by atoms with van der Waals surface area (Å²) in [4.78, 5) is 14.2. The predicted octanol–water partition coefficient (Wildman–Crippen LogP) is 5.10. The number of aromatic nitrogens is 2. The molecule has 0 saturated heterocycles. The number of hydrogen-bond donors (Lipinski definition) is 0. The fraction of sp³-hybridized carbons (Fsp3) is 0.480. The van der Waals surface area contributed by atoms with Crippen LogP contribution in [0.25, 0.3) is 5.70 Å². The molecule has 1 heterocycles. The van der Waals surface area contributed by atoms with Gasteiger partial charge in [0.15, 0.2) is 5.78 Å². The summed E-state index contributed by atoms with van der Waals surface area (Å²) in [7, 11) is -2.53. The lowest BCUT2D eigenvalue weighted by molar-refractivity contribution is -0.120.